The van der Waals surface area contributed by atoms with Gasteiger partial charge in [0.05, 0.1) is 56.0 Å². The molecule has 2 heterocycles. The van der Waals surface area contributed by atoms with Crippen LogP contribution in [0.3, 0.4) is 0 Å². The Balaban J connectivity index is 1.37. The van der Waals surface area contributed by atoms with Crippen LogP contribution in [0.15, 0.2) is 144 Å². The van der Waals surface area contributed by atoms with Crippen LogP contribution in [0.1, 0.15) is 5.82 Å². The Kier molecular flexibility index (Phi) is 6.58. The fourth-order valence-electron chi connectivity index (χ4n) is 7.23. The topological polar surface area (TPSA) is 31.0 Å². The van der Waals surface area contributed by atoms with Gasteiger partial charge in [0.25, 0.3) is 0 Å². The average molecular weight is 614 g/mol. The van der Waals surface area contributed by atoms with Crippen molar-refractivity contribution in [3.8, 4) is 27.9 Å². The second-order valence-corrected chi connectivity index (χ2v) is 12.7. The number of imidazole rings is 1. The van der Waals surface area contributed by atoms with Crippen LogP contribution in [-0.4, -0.2) is 48.8 Å². The Morgan fingerprint density at radius 1 is 0.510 bits per heavy atom. The number of benzene rings is 7. The first-order valence-corrected chi connectivity index (χ1v) is 16.1. The molecular formula is C41H23B5N2O. The van der Waals surface area contributed by atoms with Gasteiger partial charge in [-0.05, 0) is 74.6 Å². The maximum Gasteiger partial charge on any atom is 0.135 e. The molecule has 0 saturated heterocycles. The minimum absolute atomic E-state index is 0.250. The Hall–Kier alpha value is -5.35. The molecule has 2 aromatic heterocycles. The minimum atomic E-state index is -1.97. The molecule has 0 bridgehead atoms. The molecule has 49 heavy (non-hydrogen) atoms. The molecule has 0 saturated carbocycles. The lowest BCUT2D eigenvalue weighted by molar-refractivity contribution is 0.669. The minimum Gasteiger partial charge on any atom is -0.456 e. The highest BCUT2D eigenvalue weighted by Crippen LogP contribution is 2.47. The van der Waals surface area contributed by atoms with Crippen LogP contribution in [0.25, 0.3) is 82.5 Å². The first kappa shape index (κ1) is 29.8. The van der Waals surface area contributed by atoms with Crippen molar-refractivity contribution in [1.82, 2.24) is 9.55 Å². The van der Waals surface area contributed by atoms with Gasteiger partial charge in [-0.1, -0.05) is 108 Å². The van der Waals surface area contributed by atoms with Crippen molar-refractivity contribution in [3.05, 3.63) is 145 Å². The van der Waals surface area contributed by atoms with E-state index < -0.39 is 10.3 Å². The summed E-state index contributed by atoms with van der Waals surface area (Å²) in [5, 5.41) is 2.73. The zero-order valence-electron chi connectivity index (χ0n) is 26.5. The van der Waals surface area contributed by atoms with Gasteiger partial charge in [0.1, 0.15) is 17.0 Å². The standard InChI is InChI=1S/C41H23B5N2O/c42-40(43,41(44,45)46)39-47-32-17-7-9-19-34(32)48(39)33-18-8-5-16-30(33)38-28-14-3-1-12-26(28)37(27-13-2-4-15-29(27)38)24-21-22-36-31(23-24)25-11-6-10-20-35(25)49-36/h1-23H. The van der Waals surface area contributed by atoms with Gasteiger partial charge in [0.15, 0.2) is 0 Å². The molecule has 0 aliphatic carbocycles. The van der Waals surface area contributed by atoms with Crippen LogP contribution >= 0.6 is 0 Å². The van der Waals surface area contributed by atoms with Gasteiger partial charge in [-0.15, -0.1) is 5.11 Å². The van der Waals surface area contributed by atoms with Crippen LogP contribution in [0.2, 0.25) is 5.11 Å². The number of aromatic nitrogens is 2. The molecule has 8 heteroatoms. The predicted octanol–water partition coefficient (Wildman–Crippen LogP) is 8.63. The Morgan fingerprint density at radius 3 is 1.76 bits per heavy atom. The number of hydrogen-bond acceptors (Lipinski definition) is 2. The third kappa shape index (κ3) is 4.47. The van der Waals surface area contributed by atoms with E-state index in [4.69, 9.17) is 48.6 Å². The van der Waals surface area contributed by atoms with E-state index >= 15 is 0 Å². The van der Waals surface area contributed by atoms with Crippen molar-refractivity contribution >= 4 is 93.7 Å². The van der Waals surface area contributed by atoms with Gasteiger partial charge in [0.2, 0.25) is 0 Å². The van der Waals surface area contributed by atoms with Crippen molar-refractivity contribution in [2.24, 2.45) is 0 Å². The Labute approximate surface area is 290 Å². The number of hydrogen-bond donors (Lipinski definition) is 0. The number of nitrogens with zero attached hydrogens (tertiary/aromatic N) is 2. The summed E-state index contributed by atoms with van der Waals surface area (Å²) in [6.45, 7) is 0. The number of para-hydroxylation sites is 4. The molecule has 0 unspecified atom stereocenters. The number of fused-ring (bicyclic) bond motifs is 6. The van der Waals surface area contributed by atoms with Crippen LogP contribution in [0.5, 0.6) is 0 Å². The van der Waals surface area contributed by atoms with Crippen molar-refractivity contribution in [2.75, 3.05) is 0 Å². The van der Waals surface area contributed by atoms with Crippen molar-refractivity contribution < 1.29 is 4.42 Å². The van der Waals surface area contributed by atoms with Gasteiger partial charge in [-0.3, -0.25) is 4.57 Å². The van der Waals surface area contributed by atoms with Gasteiger partial charge >= 0.3 is 0 Å². The van der Waals surface area contributed by atoms with Gasteiger partial charge in [-0.2, -0.15) is 0 Å². The fourth-order valence-corrected chi connectivity index (χ4v) is 7.23. The van der Waals surface area contributed by atoms with Crippen LogP contribution in [-0.2, 0) is 5.21 Å². The molecule has 3 nitrogen and oxygen atoms in total. The van der Waals surface area contributed by atoms with E-state index in [9.17, 15) is 0 Å². The molecule has 0 amide bonds. The molecule has 0 fully saturated rings. The van der Waals surface area contributed by atoms with Gasteiger partial charge < -0.3 is 4.42 Å². The summed E-state index contributed by atoms with van der Waals surface area (Å²) in [5.74, 6) is 0.250. The Bertz CT molecular complexity index is 2700. The average Bonchev–Trinajstić information content (AvgIpc) is 3.69. The molecule has 0 aliphatic heterocycles. The van der Waals surface area contributed by atoms with E-state index in [-0.39, 0.29) is 5.82 Å². The molecule has 0 aliphatic rings. The molecule has 10 radical (unpaired) electrons. The molecule has 218 valence electrons. The zero-order valence-corrected chi connectivity index (χ0v) is 26.5. The maximum atomic E-state index is 6.65. The molecule has 9 aromatic rings. The van der Waals surface area contributed by atoms with E-state index in [0.29, 0.717) is 5.52 Å². The lowest BCUT2D eigenvalue weighted by Crippen LogP contribution is -2.45. The van der Waals surface area contributed by atoms with E-state index in [2.05, 4.69) is 78.9 Å². The van der Waals surface area contributed by atoms with Gasteiger partial charge in [0, 0.05) is 16.3 Å². The lowest BCUT2D eigenvalue weighted by atomic mass is 9.23. The Morgan fingerprint density at radius 2 is 1.06 bits per heavy atom. The molecular weight excluding hydrogens is 591 g/mol. The normalized spacial score (nSPS) is 12.5. The highest BCUT2D eigenvalue weighted by molar-refractivity contribution is 6.67. The molecule has 0 atom stereocenters. The van der Waals surface area contributed by atoms with E-state index in [1.807, 2.05) is 65.2 Å². The van der Waals surface area contributed by atoms with E-state index in [1.165, 1.54) is 0 Å². The summed E-state index contributed by atoms with van der Waals surface area (Å²) in [6, 6.07) is 47.6. The molecule has 0 spiro atoms. The zero-order chi connectivity index (χ0) is 33.5. The molecule has 7 aromatic carbocycles. The summed E-state index contributed by atoms with van der Waals surface area (Å²) in [4.78, 5) is 4.85. The quantitative estimate of drug-likeness (QED) is 0.144. The summed E-state index contributed by atoms with van der Waals surface area (Å²) in [7, 11) is 31.9. The smallest absolute Gasteiger partial charge is 0.135 e. The summed E-state index contributed by atoms with van der Waals surface area (Å²) in [6.07, 6.45) is 0. The van der Waals surface area contributed by atoms with Crippen LogP contribution < -0.4 is 0 Å². The van der Waals surface area contributed by atoms with Crippen molar-refractivity contribution in [1.29, 1.82) is 0 Å². The summed E-state index contributed by atoms with van der Waals surface area (Å²) in [5.41, 5.74) is 8.29. The first-order valence-electron chi connectivity index (χ1n) is 16.1. The van der Waals surface area contributed by atoms with Crippen LogP contribution in [0, 0.1) is 0 Å². The summed E-state index contributed by atoms with van der Waals surface area (Å²) >= 11 is 0. The van der Waals surface area contributed by atoms with E-state index in [0.717, 1.165) is 76.9 Å². The lowest BCUT2D eigenvalue weighted by Gasteiger charge is -2.41. The second-order valence-electron chi connectivity index (χ2n) is 12.7. The van der Waals surface area contributed by atoms with Crippen molar-refractivity contribution in [2.45, 2.75) is 10.3 Å². The first-order chi connectivity index (χ1) is 23.7. The summed E-state index contributed by atoms with van der Waals surface area (Å²) < 4.78 is 8.11. The van der Waals surface area contributed by atoms with Crippen LogP contribution in [0.4, 0.5) is 0 Å². The van der Waals surface area contributed by atoms with Crippen molar-refractivity contribution in [3.63, 3.8) is 0 Å². The third-order valence-corrected chi connectivity index (χ3v) is 9.66. The van der Waals surface area contributed by atoms with Gasteiger partial charge in [-0.25, -0.2) is 4.98 Å². The van der Waals surface area contributed by atoms with E-state index in [1.54, 1.807) is 0 Å². The SMILES string of the molecule is [B]C([B])([B])C([B])([B])c1nc2ccccc2n1-c1ccccc1-c1c2ccccc2c(-c2ccc3oc4ccccc4c3c2)c2ccccc12. The highest BCUT2D eigenvalue weighted by Gasteiger charge is 2.37. The monoisotopic (exact) mass is 614 g/mol. The largest absolute Gasteiger partial charge is 0.456 e. The predicted molar refractivity (Wildman–Crippen MR) is 207 cm³/mol. The maximum absolute atomic E-state index is 6.65. The highest BCUT2D eigenvalue weighted by atomic mass is 16.3. The molecule has 9 rings (SSSR count). The molecule has 0 N–H and O–H groups in total. The number of furan rings is 1. The number of rotatable bonds is 5. The fraction of sp³-hybridized carbons (Fsp3) is 0.0488. The second kappa shape index (κ2) is 10.8. The third-order valence-electron chi connectivity index (χ3n) is 9.66.